The van der Waals surface area contributed by atoms with Crippen LogP contribution in [-0.2, 0) is 15.1 Å². The molecule has 15 heavy (non-hydrogen) atoms. The second kappa shape index (κ2) is 4.39. The molecule has 1 N–H and O–H groups in total. The van der Waals surface area contributed by atoms with Crippen LogP contribution >= 0.6 is 23.2 Å². The van der Waals surface area contributed by atoms with Gasteiger partial charge >= 0.3 is 5.97 Å². The Balaban J connectivity index is 3.30. The Morgan fingerprint density at radius 3 is 2.47 bits per heavy atom. The number of methoxy groups -OCH3 is 1. The average molecular weight is 249 g/mol. The van der Waals surface area contributed by atoms with E-state index in [1.54, 1.807) is 12.1 Å². The van der Waals surface area contributed by atoms with E-state index in [2.05, 4.69) is 0 Å². The fourth-order valence-electron chi connectivity index (χ4n) is 1.19. The minimum atomic E-state index is -1.46. The standard InChI is InChI=1S/C10H10Cl2O3/c1-10(15-2,9(13)14)7-4-3-6(11)5-8(7)12/h3-5H,1-2H3,(H,13,14)/t10-/m1/s1. The van der Waals surface area contributed by atoms with Gasteiger partial charge in [-0.25, -0.2) is 4.79 Å². The van der Waals surface area contributed by atoms with Crippen molar-refractivity contribution in [2.75, 3.05) is 7.11 Å². The van der Waals surface area contributed by atoms with Gasteiger partial charge in [-0.2, -0.15) is 0 Å². The number of carboxylic acid groups (broad SMARTS) is 1. The van der Waals surface area contributed by atoms with E-state index < -0.39 is 11.6 Å². The lowest BCUT2D eigenvalue weighted by atomic mass is 9.96. The number of hydrogen-bond acceptors (Lipinski definition) is 2. The first-order valence-electron chi connectivity index (χ1n) is 4.16. The van der Waals surface area contributed by atoms with Crippen molar-refractivity contribution in [2.45, 2.75) is 12.5 Å². The summed E-state index contributed by atoms with van der Waals surface area (Å²) >= 11 is 11.6. The van der Waals surface area contributed by atoms with Crippen LogP contribution in [0.3, 0.4) is 0 Å². The highest BCUT2D eigenvalue weighted by Gasteiger charge is 2.36. The van der Waals surface area contributed by atoms with Gasteiger partial charge in [0.05, 0.1) is 0 Å². The zero-order valence-electron chi connectivity index (χ0n) is 8.25. The molecule has 1 atom stereocenters. The molecule has 0 saturated carbocycles. The van der Waals surface area contributed by atoms with Crippen LogP contribution in [-0.4, -0.2) is 18.2 Å². The molecule has 0 aliphatic rings. The maximum Gasteiger partial charge on any atom is 0.340 e. The third-order valence-electron chi connectivity index (χ3n) is 2.26. The SMILES string of the molecule is CO[C@@](C)(C(=O)O)c1ccc(Cl)cc1Cl. The van der Waals surface area contributed by atoms with Crippen molar-refractivity contribution in [3.05, 3.63) is 33.8 Å². The first-order chi connectivity index (χ1) is 6.91. The summed E-state index contributed by atoms with van der Waals surface area (Å²) < 4.78 is 4.98. The van der Waals surface area contributed by atoms with Crippen LogP contribution < -0.4 is 0 Å². The van der Waals surface area contributed by atoms with Crippen LogP contribution in [0.15, 0.2) is 18.2 Å². The summed E-state index contributed by atoms with van der Waals surface area (Å²) in [6.45, 7) is 1.43. The molecule has 0 fully saturated rings. The van der Waals surface area contributed by atoms with Gasteiger partial charge in [-0.1, -0.05) is 29.3 Å². The summed E-state index contributed by atoms with van der Waals surface area (Å²) in [5.41, 5.74) is -1.08. The number of halogens is 2. The molecular formula is C10H10Cl2O3. The van der Waals surface area contributed by atoms with Gasteiger partial charge < -0.3 is 9.84 Å². The Kier molecular flexibility index (Phi) is 3.60. The third-order valence-corrected chi connectivity index (χ3v) is 2.81. The molecule has 0 aromatic heterocycles. The van der Waals surface area contributed by atoms with E-state index in [-0.39, 0.29) is 5.02 Å². The minimum Gasteiger partial charge on any atom is -0.479 e. The summed E-state index contributed by atoms with van der Waals surface area (Å²) in [7, 11) is 1.32. The maximum absolute atomic E-state index is 11.1. The monoisotopic (exact) mass is 248 g/mol. The van der Waals surface area contributed by atoms with Crippen molar-refractivity contribution < 1.29 is 14.6 Å². The zero-order chi connectivity index (χ0) is 11.6. The lowest BCUT2D eigenvalue weighted by Gasteiger charge is -2.24. The average Bonchev–Trinajstić information content (AvgIpc) is 2.16. The first-order valence-corrected chi connectivity index (χ1v) is 4.91. The van der Waals surface area contributed by atoms with Gasteiger partial charge in [0.1, 0.15) is 0 Å². The maximum atomic E-state index is 11.1. The highest BCUT2D eigenvalue weighted by molar-refractivity contribution is 6.35. The van der Waals surface area contributed by atoms with Crippen molar-refractivity contribution in [1.29, 1.82) is 0 Å². The highest BCUT2D eigenvalue weighted by atomic mass is 35.5. The molecule has 0 aliphatic heterocycles. The van der Waals surface area contributed by atoms with E-state index in [0.717, 1.165) is 0 Å². The fraction of sp³-hybridized carbons (Fsp3) is 0.300. The molecule has 1 aromatic carbocycles. The Labute approximate surface area is 97.6 Å². The van der Waals surface area contributed by atoms with Crippen LogP contribution in [0.2, 0.25) is 10.0 Å². The molecule has 0 amide bonds. The summed E-state index contributed by atoms with van der Waals surface area (Å²) in [4.78, 5) is 11.1. The van der Waals surface area contributed by atoms with Crippen molar-refractivity contribution in [3.8, 4) is 0 Å². The molecule has 1 aromatic rings. The molecule has 0 aliphatic carbocycles. The Hall–Kier alpha value is -0.770. The smallest absolute Gasteiger partial charge is 0.340 e. The zero-order valence-corrected chi connectivity index (χ0v) is 9.76. The largest absolute Gasteiger partial charge is 0.479 e. The summed E-state index contributed by atoms with van der Waals surface area (Å²) in [6.07, 6.45) is 0. The van der Waals surface area contributed by atoms with Gasteiger partial charge in [-0.15, -0.1) is 0 Å². The number of aliphatic carboxylic acids is 1. The molecule has 5 heteroatoms. The van der Waals surface area contributed by atoms with Crippen molar-refractivity contribution in [3.63, 3.8) is 0 Å². The second-order valence-electron chi connectivity index (χ2n) is 3.17. The number of rotatable bonds is 3. The van der Waals surface area contributed by atoms with Crippen LogP contribution in [0.5, 0.6) is 0 Å². The molecule has 0 heterocycles. The number of hydrogen-bond donors (Lipinski definition) is 1. The number of carboxylic acids is 1. The summed E-state index contributed by atoms with van der Waals surface area (Å²) in [6, 6.07) is 4.60. The highest BCUT2D eigenvalue weighted by Crippen LogP contribution is 2.32. The Morgan fingerprint density at radius 2 is 2.07 bits per heavy atom. The van der Waals surface area contributed by atoms with E-state index in [4.69, 9.17) is 33.0 Å². The van der Waals surface area contributed by atoms with Crippen LogP contribution in [0.25, 0.3) is 0 Å². The quantitative estimate of drug-likeness (QED) is 0.895. The first kappa shape index (κ1) is 12.3. The molecule has 0 saturated heterocycles. The topological polar surface area (TPSA) is 46.5 Å². The third kappa shape index (κ3) is 2.25. The van der Waals surface area contributed by atoms with Gasteiger partial charge in [0, 0.05) is 22.7 Å². The van der Waals surface area contributed by atoms with Crippen LogP contribution in [0.1, 0.15) is 12.5 Å². The normalized spacial score (nSPS) is 14.7. The minimum absolute atomic E-state index is 0.272. The van der Waals surface area contributed by atoms with E-state index in [0.29, 0.717) is 10.6 Å². The molecule has 82 valence electrons. The van der Waals surface area contributed by atoms with E-state index in [9.17, 15) is 4.79 Å². The number of benzene rings is 1. The fourth-order valence-corrected chi connectivity index (χ4v) is 1.78. The predicted octanol–water partition coefficient (Wildman–Crippen LogP) is 2.94. The van der Waals surface area contributed by atoms with Gasteiger partial charge in [0.2, 0.25) is 0 Å². The molecular weight excluding hydrogens is 239 g/mol. The molecule has 3 nitrogen and oxygen atoms in total. The lowest BCUT2D eigenvalue weighted by Crippen LogP contribution is -2.34. The van der Waals surface area contributed by atoms with Crippen LogP contribution in [0.4, 0.5) is 0 Å². The van der Waals surface area contributed by atoms with E-state index in [1.807, 2.05) is 0 Å². The van der Waals surface area contributed by atoms with Crippen LogP contribution in [0, 0.1) is 0 Å². The number of carbonyl (C=O) groups is 1. The second-order valence-corrected chi connectivity index (χ2v) is 4.01. The van der Waals surface area contributed by atoms with E-state index >= 15 is 0 Å². The predicted molar refractivity (Wildman–Crippen MR) is 58.5 cm³/mol. The van der Waals surface area contributed by atoms with E-state index in [1.165, 1.54) is 20.1 Å². The molecule has 0 spiro atoms. The van der Waals surface area contributed by atoms with Crippen molar-refractivity contribution in [2.24, 2.45) is 0 Å². The number of ether oxygens (including phenoxy) is 1. The summed E-state index contributed by atoms with van der Waals surface area (Å²) in [5, 5.41) is 9.79. The van der Waals surface area contributed by atoms with Crippen molar-refractivity contribution in [1.82, 2.24) is 0 Å². The Morgan fingerprint density at radius 1 is 1.47 bits per heavy atom. The molecule has 0 bridgehead atoms. The molecule has 0 radical (unpaired) electrons. The van der Waals surface area contributed by atoms with Gasteiger partial charge in [0.15, 0.2) is 5.60 Å². The van der Waals surface area contributed by atoms with Gasteiger partial charge in [-0.3, -0.25) is 0 Å². The van der Waals surface area contributed by atoms with Gasteiger partial charge in [0.25, 0.3) is 0 Å². The van der Waals surface area contributed by atoms with Crippen molar-refractivity contribution >= 4 is 29.2 Å². The van der Waals surface area contributed by atoms with Gasteiger partial charge in [-0.05, 0) is 19.1 Å². The summed E-state index contributed by atoms with van der Waals surface area (Å²) in [5.74, 6) is -1.10. The molecule has 1 rings (SSSR count). The Bertz CT molecular complexity index is 392. The molecule has 0 unspecified atom stereocenters. The lowest BCUT2D eigenvalue weighted by molar-refractivity contribution is -0.161.